The van der Waals surface area contributed by atoms with Crippen molar-refractivity contribution in [3.63, 3.8) is 0 Å². The Kier molecular flexibility index (Phi) is 5.67. The maximum atomic E-state index is 5.72. The highest BCUT2D eigenvalue weighted by atomic mass is 79.9. The van der Waals surface area contributed by atoms with E-state index in [2.05, 4.69) is 46.0 Å². The van der Waals surface area contributed by atoms with Crippen LogP contribution in [0.15, 0.2) is 22.7 Å². The van der Waals surface area contributed by atoms with Crippen LogP contribution < -0.4 is 10.6 Å². The van der Waals surface area contributed by atoms with Gasteiger partial charge in [-0.3, -0.25) is 0 Å². The highest BCUT2D eigenvalue weighted by Gasteiger charge is 2.21. The highest BCUT2D eigenvalue weighted by Crippen LogP contribution is 2.28. The number of piperidine rings is 1. The third-order valence-corrected chi connectivity index (χ3v) is 4.13. The van der Waals surface area contributed by atoms with E-state index < -0.39 is 0 Å². The van der Waals surface area contributed by atoms with Crippen LogP contribution in [0.4, 0.5) is 5.69 Å². The molecule has 0 atom stereocenters. The average molecular weight is 327 g/mol. The maximum absolute atomic E-state index is 5.72. The molecule has 1 aromatic rings. The van der Waals surface area contributed by atoms with E-state index in [-0.39, 0.29) is 0 Å². The first kappa shape index (κ1) is 14.8. The number of hydrogen-bond donors (Lipinski definition) is 1. The van der Waals surface area contributed by atoms with Crippen LogP contribution in [0.3, 0.4) is 0 Å². The fourth-order valence-corrected chi connectivity index (χ4v) is 3.13. The lowest BCUT2D eigenvalue weighted by atomic mass is 10.0. The fourth-order valence-electron chi connectivity index (χ4n) is 2.72. The zero-order chi connectivity index (χ0) is 13.7. The summed E-state index contributed by atoms with van der Waals surface area (Å²) in [6.45, 7) is 5.73. The van der Waals surface area contributed by atoms with Gasteiger partial charge in [-0.1, -0.05) is 15.9 Å². The van der Waals surface area contributed by atoms with Crippen molar-refractivity contribution in [1.29, 1.82) is 0 Å². The highest BCUT2D eigenvalue weighted by molar-refractivity contribution is 9.10. The van der Waals surface area contributed by atoms with E-state index >= 15 is 0 Å². The van der Waals surface area contributed by atoms with Gasteiger partial charge in [-0.2, -0.15) is 0 Å². The van der Waals surface area contributed by atoms with Crippen LogP contribution in [-0.2, 0) is 11.2 Å². The first-order valence-electron chi connectivity index (χ1n) is 7.09. The van der Waals surface area contributed by atoms with Crippen LogP contribution in [0.2, 0.25) is 0 Å². The number of nitrogens with two attached hydrogens (primary N) is 1. The number of rotatable bonds is 5. The Morgan fingerprint density at radius 1 is 1.37 bits per heavy atom. The molecule has 1 aliphatic heterocycles. The largest absolute Gasteiger partial charge is 0.378 e. The van der Waals surface area contributed by atoms with E-state index in [0.29, 0.717) is 12.6 Å². The van der Waals surface area contributed by atoms with Gasteiger partial charge in [-0.25, -0.2) is 0 Å². The molecule has 1 fully saturated rings. The Balaban J connectivity index is 2.06. The third kappa shape index (κ3) is 3.94. The molecule has 2 rings (SSSR count). The monoisotopic (exact) mass is 326 g/mol. The van der Waals surface area contributed by atoms with E-state index in [1.807, 2.05) is 0 Å². The summed E-state index contributed by atoms with van der Waals surface area (Å²) in [5, 5.41) is 0. The summed E-state index contributed by atoms with van der Waals surface area (Å²) in [4.78, 5) is 2.47. The lowest BCUT2D eigenvalue weighted by Gasteiger charge is -2.34. The van der Waals surface area contributed by atoms with Crippen LogP contribution in [-0.4, -0.2) is 32.3 Å². The fraction of sp³-hybridized carbons (Fsp3) is 0.600. The van der Waals surface area contributed by atoms with Gasteiger partial charge in [-0.15, -0.1) is 0 Å². The Hall–Kier alpha value is -0.580. The second kappa shape index (κ2) is 7.27. The number of halogens is 1. The van der Waals surface area contributed by atoms with Gasteiger partial charge >= 0.3 is 0 Å². The van der Waals surface area contributed by atoms with Gasteiger partial charge in [-0.05, 0) is 56.5 Å². The molecule has 106 valence electrons. The summed E-state index contributed by atoms with van der Waals surface area (Å²) in [5.74, 6) is 0. The first-order valence-corrected chi connectivity index (χ1v) is 7.89. The molecular formula is C15H23BrN2O. The molecule has 1 saturated heterocycles. The normalized spacial score (nSPS) is 16.9. The summed E-state index contributed by atoms with van der Waals surface area (Å²) in [6.07, 6.45) is 3.60. The maximum Gasteiger partial charge on any atom is 0.0608 e. The number of benzene rings is 1. The van der Waals surface area contributed by atoms with E-state index in [1.165, 1.54) is 11.3 Å². The molecule has 0 aromatic heterocycles. The number of nitrogens with zero attached hydrogens (tertiary/aromatic N) is 1. The van der Waals surface area contributed by atoms with Crippen molar-refractivity contribution in [3.05, 3.63) is 28.2 Å². The number of ether oxygens (including phenoxy) is 1. The van der Waals surface area contributed by atoms with Crippen LogP contribution in [0.1, 0.15) is 25.3 Å². The lowest BCUT2D eigenvalue weighted by molar-refractivity contribution is 0.0459. The van der Waals surface area contributed by atoms with Gasteiger partial charge in [0, 0.05) is 29.9 Å². The van der Waals surface area contributed by atoms with Crippen LogP contribution in [0.5, 0.6) is 0 Å². The van der Waals surface area contributed by atoms with E-state index in [1.54, 1.807) is 0 Å². The molecule has 2 N–H and O–H groups in total. The Bertz CT molecular complexity index is 403. The molecule has 3 nitrogen and oxygen atoms in total. The van der Waals surface area contributed by atoms with Crippen molar-refractivity contribution in [3.8, 4) is 0 Å². The Morgan fingerprint density at radius 3 is 2.74 bits per heavy atom. The van der Waals surface area contributed by atoms with Gasteiger partial charge in [0.1, 0.15) is 0 Å². The lowest BCUT2D eigenvalue weighted by Crippen LogP contribution is -2.37. The first-order chi connectivity index (χ1) is 9.24. The zero-order valence-corrected chi connectivity index (χ0v) is 13.2. The summed E-state index contributed by atoms with van der Waals surface area (Å²) in [7, 11) is 0. The van der Waals surface area contributed by atoms with E-state index in [0.717, 1.165) is 43.4 Å². The van der Waals surface area contributed by atoms with Crippen molar-refractivity contribution in [1.82, 2.24) is 0 Å². The molecule has 4 heteroatoms. The standard InChI is InChI=1S/C15H23BrN2O/c1-2-19-14-6-9-18(10-7-14)15-4-3-13(16)11-12(15)5-8-17/h3-4,11,14H,2,5-10,17H2,1H3. The van der Waals surface area contributed by atoms with Crippen LogP contribution in [0.25, 0.3) is 0 Å². The van der Waals surface area contributed by atoms with E-state index in [9.17, 15) is 0 Å². The summed E-state index contributed by atoms with van der Waals surface area (Å²) in [5.41, 5.74) is 8.39. The molecule has 0 bridgehead atoms. The summed E-state index contributed by atoms with van der Waals surface area (Å²) < 4.78 is 6.84. The zero-order valence-electron chi connectivity index (χ0n) is 11.6. The quantitative estimate of drug-likeness (QED) is 0.904. The SMILES string of the molecule is CCOC1CCN(c2ccc(Br)cc2CCN)CC1. The minimum absolute atomic E-state index is 0.439. The molecule has 1 aliphatic rings. The van der Waals surface area contributed by atoms with Crippen molar-refractivity contribution in [2.75, 3.05) is 31.1 Å². The molecule has 1 heterocycles. The molecule has 0 unspecified atom stereocenters. The van der Waals surface area contributed by atoms with Crippen molar-refractivity contribution in [2.45, 2.75) is 32.3 Å². The van der Waals surface area contributed by atoms with Gasteiger partial charge < -0.3 is 15.4 Å². The predicted octanol–water partition coefficient (Wildman–Crippen LogP) is 2.96. The van der Waals surface area contributed by atoms with Gasteiger partial charge in [0.05, 0.1) is 6.10 Å². The predicted molar refractivity (Wildman–Crippen MR) is 83.8 cm³/mol. The summed E-state index contributed by atoms with van der Waals surface area (Å²) >= 11 is 3.54. The van der Waals surface area contributed by atoms with Gasteiger partial charge in [0.25, 0.3) is 0 Å². The number of anilines is 1. The van der Waals surface area contributed by atoms with Crippen molar-refractivity contribution < 1.29 is 4.74 Å². The minimum atomic E-state index is 0.439. The molecule has 0 amide bonds. The second-order valence-corrected chi connectivity index (χ2v) is 5.87. The molecule has 0 radical (unpaired) electrons. The van der Waals surface area contributed by atoms with Gasteiger partial charge in [0.2, 0.25) is 0 Å². The summed E-state index contributed by atoms with van der Waals surface area (Å²) in [6, 6.07) is 6.51. The van der Waals surface area contributed by atoms with Crippen molar-refractivity contribution >= 4 is 21.6 Å². The molecular weight excluding hydrogens is 304 g/mol. The van der Waals surface area contributed by atoms with Crippen molar-refractivity contribution in [2.24, 2.45) is 5.73 Å². The van der Waals surface area contributed by atoms with Gasteiger partial charge in [0.15, 0.2) is 0 Å². The Labute approximate surface area is 124 Å². The van der Waals surface area contributed by atoms with Crippen LogP contribution in [0, 0.1) is 0 Å². The number of hydrogen-bond acceptors (Lipinski definition) is 3. The molecule has 0 saturated carbocycles. The molecule has 0 spiro atoms. The van der Waals surface area contributed by atoms with E-state index in [4.69, 9.17) is 10.5 Å². The topological polar surface area (TPSA) is 38.5 Å². The third-order valence-electron chi connectivity index (χ3n) is 3.64. The molecule has 19 heavy (non-hydrogen) atoms. The second-order valence-electron chi connectivity index (χ2n) is 4.95. The Morgan fingerprint density at radius 2 is 2.11 bits per heavy atom. The average Bonchev–Trinajstić information content (AvgIpc) is 2.41. The smallest absolute Gasteiger partial charge is 0.0608 e. The van der Waals surface area contributed by atoms with Crippen LogP contribution >= 0.6 is 15.9 Å². The minimum Gasteiger partial charge on any atom is -0.378 e. The molecule has 0 aliphatic carbocycles. The molecule has 1 aromatic carbocycles.